The first kappa shape index (κ1) is 16.9. The van der Waals surface area contributed by atoms with Gasteiger partial charge in [-0.2, -0.15) is 0 Å². The number of amides is 1. The molecule has 0 atom stereocenters. The van der Waals surface area contributed by atoms with E-state index in [4.69, 9.17) is 16.0 Å². The summed E-state index contributed by atoms with van der Waals surface area (Å²) >= 11 is 5.86. The molecule has 1 aromatic heterocycles. The molecule has 0 bridgehead atoms. The Labute approximate surface area is 138 Å². The van der Waals surface area contributed by atoms with Gasteiger partial charge in [0.1, 0.15) is 0 Å². The Kier molecular flexibility index (Phi) is 5.50. The number of nitrogens with one attached hydrogen (secondary N) is 2. The van der Waals surface area contributed by atoms with Gasteiger partial charge in [0.15, 0.2) is 5.58 Å². The van der Waals surface area contributed by atoms with Gasteiger partial charge >= 0.3 is 5.76 Å². The smallest absolute Gasteiger partial charge is 0.408 e. The van der Waals surface area contributed by atoms with Gasteiger partial charge in [0, 0.05) is 49.6 Å². The predicted molar refractivity (Wildman–Crippen MR) is 86.7 cm³/mol. The summed E-state index contributed by atoms with van der Waals surface area (Å²) in [5.74, 6) is -0.00561. The molecule has 1 aromatic carbocycles. The van der Waals surface area contributed by atoms with Gasteiger partial charge in [-0.1, -0.05) is 11.6 Å². The van der Waals surface area contributed by atoms with Crippen LogP contribution in [0.3, 0.4) is 0 Å². The first-order chi connectivity index (χ1) is 10.1. The monoisotopic (exact) mass is 345 g/mol. The maximum Gasteiger partial charge on any atom is 0.419 e. The molecule has 0 aliphatic carbocycles. The number of rotatable bonds is 5. The first-order valence-electron chi connectivity index (χ1n) is 6.90. The molecule has 1 saturated heterocycles. The van der Waals surface area contributed by atoms with E-state index in [0.717, 1.165) is 13.1 Å². The quantitative estimate of drug-likeness (QED) is 0.858. The van der Waals surface area contributed by atoms with Crippen molar-refractivity contribution in [2.24, 2.45) is 5.92 Å². The predicted octanol–water partition coefficient (Wildman–Crippen LogP) is 1.40. The van der Waals surface area contributed by atoms with E-state index in [-0.39, 0.29) is 24.7 Å². The zero-order valence-electron chi connectivity index (χ0n) is 11.8. The van der Waals surface area contributed by atoms with E-state index in [1.807, 2.05) is 0 Å². The normalized spacial score (nSPS) is 14.4. The minimum atomic E-state index is -0.469. The third-order valence-corrected chi connectivity index (χ3v) is 3.88. The van der Waals surface area contributed by atoms with Crippen molar-refractivity contribution in [1.82, 2.24) is 15.2 Å². The summed E-state index contributed by atoms with van der Waals surface area (Å²) in [5.41, 5.74) is 1.09. The second kappa shape index (κ2) is 7.17. The molecule has 0 radical (unpaired) electrons. The van der Waals surface area contributed by atoms with Gasteiger partial charge in [0.2, 0.25) is 5.91 Å². The van der Waals surface area contributed by atoms with Gasteiger partial charge in [-0.05, 0) is 12.1 Å². The Morgan fingerprint density at radius 3 is 2.91 bits per heavy atom. The second-order valence-electron chi connectivity index (χ2n) is 5.21. The Balaban J connectivity index is 0.00000176. The van der Waals surface area contributed by atoms with Crippen molar-refractivity contribution in [2.45, 2.75) is 13.0 Å². The summed E-state index contributed by atoms with van der Waals surface area (Å²) in [6.07, 6.45) is 0.247. The SMILES string of the molecule is Cl.O=C(CCn1c(=O)oc2cc(Cl)ccc21)NCC1CNC1. The van der Waals surface area contributed by atoms with Crippen molar-refractivity contribution in [3.05, 3.63) is 33.8 Å². The summed E-state index contributed by atoms with van der Waals surface area (Å²) < 4.78 is 6.57. The molecule has 1 fully saturated rings. The number of halogens is 2. The van der Waals surface area contributed by atoms with Gasteiger partial charge in [0.05, 0.1) is 5.52 Å². The number of carbonyl (C=O) groups excluding carboxylic acids is 1. The largest absolute Gasteiger partial charge is 0.419 e. The summed E-state index contributed by atoms with van der Waals surface area (Å²) in [6.45, 7) is 2.88. The fourth-order valence-electron chi connectivity index (χ4n) is 2.30. The molecule has 120 valence electrons. The van der Waals surface area contributed by atoms with Crippen LogP contribution in [-0.4, -0.2) is 30.1 Å². The highest BCUT2D eigenvalue weighted by Crippen LogP contribution is 2.18. The van der Waals surface area contributed by atoms with Crippen molar-refractivity contribution in [3.63, 3.8) is 0 Å². The molecule has 1 aliphatic rings. The van der Waals surface area contributed by atoms with Crippen LogP contribution < -0.4 is 16.4 Å². The maximum atomic E-state index is 11.8. The minimum Gasteiger partial charge on any atom is -0.408 e. The summed E-state index contributed by atoms with van der Waals surface area (Å²) in [6, 6.07) is 5.01. The van der Waals surface area contributed by atoms with E-state index >= 15 is 0 Å². The van der Waals surface area contributed by atoms with Crippen molar-refractivity contribution in [3.8, 4) is 0 Å². The molecule has 0 spiro atoms. The lowest BCUT2D eigenvalue weighted by Gasteiger charge is -2.27. The molecule has 2 aromatic rings. The highest BCUT2D eigenvalue weighted by molar-refractivity contribution is 6.31. The molecule has 22 heavy (non-hydrogen) atoms. The van der Waals surface area contributed by atoms with Gasteiger partial charge in [-0.3, -0.25) is 9.36 Å². The van der Waals surface area contributed by atoms with Crippen LogP contribution in [0.15, 0.2) is 27.4 Å². The van der Waals surface area contributed by atoms with Gasteiger partial charge in [-0.25, -0.2) is 4.79 Å². The van der Waals surface area contributed by atoms with E-state index in [0.29, 0.717) is 35.1 Å². The highest BCUT2D eigenvalue weighted by atomic mass is 35.5. The third-order valence-electron chi connectivity index (χ3n) is 3.65. The first-order valence-corrected chi connectivity index (χ1v) is 7.27. The average Bonchev–Trinajstić information content (AvgIpc) is 2.69. The molecular formula is C14H17Cl2N3O3. The summed E-state index contributed by atoms with van der Waals surface area (Å²) in [7, 11) is 0. The molecule has 1 aliphatic heterocycles. The van der Waals surface area contributed by atoms with Crippen molar-refractivity contribution in [1.29, 1.82) is 0 Å². The fraction of sp³-hybridized carbons (Fsp3) is 0.429. The van der Waals surface area contributed by atoms with Crippen LogP contribution in [0, 0.1) is 5.92 Å². The van der Waals surface area contributed by atoms with E-state index in [1.165, 1.54) is 4.57 Å². The van der Waals surface area contributed by atoms with Crippen LogP contribution in [0.1, 0.15) is 6.42 Å². The Bertz CT molecular complexity index is 722. The van der Waals surface area contributed by atoms with Gasteiger partial charge < -0.3 is 15.1 Å². The third kappa shape index (κ3) is 3.63. The van der Waals surface area contributed by atoms with E-state index in [2.05, 4.69) is 10.6 Å². The molecule has 0 saturated carbocycles. The molecule has 2 heterocycles. The minimum absolute atomic E-state index is 0. The van der Waals surface area contributed by atoms with Crippen LogP contribution in [-0.2, 0) is 11.3 Å². The number of fused-ring (bicyclic) bond motifs is 1. The second-order valence-corrected chi connectivity index (χ2v) is 5.65. The van der Waals surface area contributed by atoms with Crippen molar-refractivity contribution < 1.29 is 9.21 Å². The lowest BCUT2D eigenvalue weighted by atomic mass is 10.0. The molecule has 6 nitrogen and oxygen atoms in total. The Hall–Kier alpha value is -1.50. The maximum absolute atomic E-state index is 11.8. The number of carbonyl (C=O) groups is 1. The zero-order chi connectivity index (χ0) is 14.8. The van der Waals surface area contributed by atoms with Crippen LogP contribution in [0.2, 0.25) is 5.02 Å². The van der Waals surface area contributed by atoms with E-state index < -0.39 is 5.76 Å². The number of hydrogen-bond donors (Lipinski definition) is 2. The van der Waals surface area contributed by atoms with Crippen LogP contribution >= 0.6 is 24.0 Å². The average molecular weight is 346 g/mol. The molecule has 0 unspecified atom stereocenters. The van der Waals surface area contributed by atoms with Crippen LogP contribution in [0.25, 0.3) is 11.1 Å². The van der Waals surface area contributed by atoms with E-state index in [9.17, 15) is 9.59 Å². The zero-order valence-corrected chi connectivity index (χ0v) is 13.4. The number of nitrogens with zero attached hydrogens (tertiary/aromatic N) is 1. The molecule has 1 amide bonds. The van der Waals surface area contributed by atoms with Crippen molar-refractivity contribution in [2.75, 3.05) is 19.6 Å². The number of benzene rings is 1. The van der Waals surface area contributed by atoms with Crippen molar-refractivity contribution >= 4 is 41.0 Å². The molecular weight excluding hydrogens is 329 g/mol. The lowest BCUT2D eigenvalue weighted by Crippen LogP contribution is -2.48. The number of oxazole rings is 1. The topological polar surface area (TPSA) is 76.3 Å². The van der Waals surface area contributed by atoms with Crippen LogP contribution in [0.4, 0.5) is 0 Å². The van der Waals surface area contributed by atoms with Gasteiger partial charge in [-0.15, -0.1) is 12.4 Å². The number of aryl methyl sites for hydroxylation is 1. The van der Waals surface area contributed by atoms with E-state index in [1.54, 1.807) is 18.2 Å². The number of hydrogen-bond acceptors (Lipinski definition) is 4. The Morgan fingerprint density at radius 2 is 2.23 bits per heavy atom. The summed E-state index contributed by atoms with van der Waals surface area (Å²) in [5, 5.41) is 6.54. The lowest BCUT2D eigenvalue weighted by molar-refractivity contribution is -0.121. The Morgan fingerprint density at radius 1 is 1.45 bits per heavy atom. The summed E-state index contributed by atoms with van der Waals surface area (Å²) in [4.78, 5) is 23.6. The van der Waals surface area contributed by atoms with Crippen LogP contribution in [0.5, 0.6) is 0 Å². The molecule has 8 heteroatoms. The number of aromatic nitrogens is 1. The fourth-order valence-corrected chi connectivity index (χ4v) is 2.47. The standard InChI is InChI=1S/C14H16ClN3O3.ClH/c15-10-1-2-11-12(5-10)21-14(20)18(11)4-3-13(19)17-8-9-6-16-7-9;/h1-2,5,9,16H,3-4,6-8H2,(H,17,19);1H. The van der Waals surface area contributed by atoms with Gasteiger partial charge in [0.25, 0.3) is 0 Å². The molecule has 2 N–H and O–H groups in total. The molecule has 3 rings (SSSR count). The highest BCUT2D eigenvalue weighted by Gasteiger charge is 2.17.